The second-order valence-electron chi connectivity index (χ2n) is 28.0. The van der Waals surface area contributed by atoms with Crippen LogP contribution in [0, 0.1) is 6.92 Å². The zero-order valence-corrected chi connectivity index (χ0v) is 76.7. The summed E-state index contributed by atoms with van der Waals surface area (Å²) in [5.41, 5.74) is 8.71. The van der Waals surface area contributed by atoms with Crippen molar-refractivity contribution in [1.29, 1.82) is 0 Å². The van der Waals surface area contributed by atoms with Gasteiger partial charge < -0.3 is 0 Å². The van der Waals surface area contributed by atoms with Gasteiger partial charge in [0.1, 0.15) is 31.8 Å². The third-order valence-electron chi connectivity index (χ3n) is 18.4. The van der Waals surface area contributed by atoms with Gasteiger partial charge in [-0.3, -0.25) is 35.8 Å². The van der Waals surface area contributed by atoms with Crippen LogP contribution in [-0.2, 0) is 92.2 Å². The minimum absolute atomic E-state index is 0.00178. The standard InChI is InChI=1S/C27H29NO4S2.C21H25NO4S2.C16H15NO4S2.C15H12ClNO3S.C15H13NO2S/c1-3-4-5-9-12-26(28-32-34(30,31)25-19-13-21(2)14-20-25)27(29)22-15-17-24(18-16-22)33-23-10-7-6-8-11-23;1-3-4-5-9-12-20(22-26-28(2,24)25)21(23)17-13-15-19(16-14-17)27-18-10-7-6-8-11-18;1-12(16(18)13-8-10-14(22-2)11-9-13)17-21-23(19,20)15-6-4-3-5-7-15;16-13-6-3-7-15(10-13)21(18,19)20-17-14-8-11-4-1-2-5-12(11)9-14;17-19(13-7-2-1-3-8-13)18-16-15-11-10-12-6-4-5-9-14(12)15/h6-8,10-11,13-20H,3-5,9,12H2,1-2H3;6-8,10-11,13-16H,3-5,9,12H2,1-2H3;3-11H,1-2H3;1-7,10H,8-9H2;1-9H,10-11H2/b28-26+;22-20+;17-12+;;16-15+. The van der Waals surface area contributed by atoms with E-state index in [0.29, 0.717) is 58.0 Å². The number of oxime groups is 5. The Morgan fingerprint density at radius 2 is 0.832 bits per heavy atom. The van der Waals surface area contributed by atoms with Gasteiger partial charge in [0, 0.05) is 64.6 Å². The first-order valence-electron chi connectivity index (χ1n) is 39.7. The first-order valence-corrected chi connectivity index (χ1v) is 50.1. The summed E-state index contributed by atoms with van der Waals surface area (Å²) in [6.07, 6.45) is 14.2. The summed E-state index contributed by atoms with van der Waals surface area (Å²) in [5.74, 6) is -1.02. The third kappa shape index (κ3) is 32.5. The van der Waals surface area contributed by atoms with E-state index in [-0.39, 0.29) is 49.2 Å². The highest BCUT2D eigenvalue weighted by atomic mass is 35.5. The summed E-state index contributed by atoms with van der Waals surface area (Å²) in [6.45, 7) is 7.48. The number of fused-ring (bicyclic) bond motifs is 2. The van der Waals surface area contributed by atoms with E-state index in [1.54, 1.807) is 126 Å². The highest BCUT2D eigenvalue weighted by Gasteiger charge is 2.25. The summed E-state index contributed by atoms with van der Waals surface area (Å²) in [4.78, 5) is 44.0. The van der Waals surface area contributed by atoms with Gasteiger partial charge in [-0.1, -0.05) is 258 Å². The molecule has 0 amide bonds. The van der Waals surface area contributed by atoms with Crippen LogP contribution in [-0.4, -0.2) is 96.3 Å². The van der Waals surface area contributed by atoms with Gasteiger partial charge in [-0.15, -0.1) is 11.8 Å². The Hall–Kier alpha value is -10.9. The number of carbonyl (C=O) groups is 3. The molecule has 125 heavy (non-hydrogen) atoms. The molecule has 0 saturated carbocycles. The molecule has 1 unspecified atom stereocenters. The molecule has 0 radical (unpaired) electrons. The minimum Gasteiger partial charge on any atom is -0.287 e. The van der Waals surface area contributed by atoms with Crippen molar-refractivity contribution in [2.75, 3.05) is 12.5 Å². The average molecular weight is 1860 g/mol. The van der Waals surface area contributed by atoms with Crippen molar-refractivity contribution in [3.8, 4) is 0 Å². The Morgan fingerprint density at radius 3 is 1.32 bits per heavy atom. The van der Waals surface area contributed by atoms with Crippen LogP contribution in [0.15, 0.2) is 361 Å². The normalized spacial score (nSPS) is 13.1. The zero-order chi connectivity index (χ0) is 89.6. The smallest absolute Gasteiger partial charge is 0.287 e. The number of halogens is 1. The molecule has 652 valence electrons. The number of unbranched alkanes of at least 4 members (excludes halogenated alkanes) is 6. The SMILES string of the molecule is CCCCCC/C(=N\OS(=O)(=O)c1ccc(C)cc1)C(=O)c1ccc(Sc2ccccc2)cc1.CCCCCC/C(=N\OS(C)(=O)=O)C(=O)c1ccc(Sc2ccccc2)cc1.CSc1ccc(C(=O)/C(C)=N/OS(=O)(=O)c2ccccc2)cc1.O=S(=O)(ON=C1Cc2ccccc2C1)c1cccc(Cl)c1.O=S(O/N=C1\CCc2ccccc21)c1ccccc1. The van der Waals surface area contributed by atoms with Crippen molar-refractivity contribution in [3.05, 3.63) is 341 Å². The molecule has 0 bridgehead atoms. The predicted octanol–water partition coefficient (Wildman–Crippen LogP) is 22.0. The minimum atomic E-state index is -4.11. The number of benzene rings is 11. The van der Waals surface area contributed by atoms with Crippen LogP contribution in [0.25, 0.3) is 0 Å². The van der Waals surface area contributed by atoms with E-state index in [1.165, 1.54) is 48.9 Å². The van der Waals surface area contributed by atoms with Gasteiger partial charge in [-0.25, -0.2) is 4.21 Å². The molecule has 2 aliphatic carbocycles. The predicted molar refractivity (Wildman–Crippen MR) is 497 cm³/mol. The van der Waals surface area contributed by atoms with Gasteiger partial charge in [0.25, 0.3) is 11.1 Å². The number of nitrogens with zero attached hydrogens (tertiary/aromatic N) is 5. The van der Waals surface area contributed by atoms with E-state index in [9.17, 15) is 52.3 Å². The number of rotatable bonds is 35. The monoisotopic (exact) mass is 1860 g/mol. The lowest BCUT2D eigenvalue weighted by atomic mass is 10.0. The number of hydrogen-bond acceptors (Lipinski definition) is 25. The van der Waals surface area contributed by atoms with Crippen LogP contribution in [0.4, 0.5) is 0 Å². The molecule has 0 N–H and O–H groups in total. The Labute approximate surface area is 752 Å². The second-order valence-corrected chi connectivity index (χ2v) is 38.9. The Bertz CT molecular complexity index is 6050. The summed E-state index contributed by atoms with van der Waals surface area (Å²) in [7, 11) is -15.8. The molecule has 0 aromatic heterocycles. The molecular formula is C94H94ClN5O17S8. The first-order chi connectivity index (χ1) is 60.1. The highest BCUT2D eigenvalue weighted by molar-refractivity contribution is 7.99. The fourth-order valence-corrected chi connectivity index (χ4v) is 17.4. The van der Waals surface area contributed by atoms with Crippen LogP contribution in [0.5, 0.6) is 0 Å². The Balaban J connectivity index is 0.000000179. The summed E-state index contributed by atoms with van der Waals surface area (Å²) in [5, 5.41) is 19.1. The number of thioether (sulfide) groups is 1. The molecule has 13 rings (SSSR count). The lowest BCUT2D eigenvalue weighted by Gasteiger charge is -2.08. The molecule has 22 nitrogen and oxygen atoms in total. The van der Waals surface area contributed by atoms with Crippen molar-refractivity contribution in [3.63, 3.8) is 0 Å². The zero-order valence-electron chi connectivity index (χ0n) is 69.4. The maximum atomic E-state index is 13.2. The molecule has 1 atom stereocenters. The van der Waals surface area contributed by atoms with Crippen molar-refractivity contribution in [2.45, 2.75) is 162 Å². The van der Waals surface area contributed by atoms with E-state index in [1.807, 2.05) is 171 Å². The first kappa shape index (κ1) is 97.9. The number of carbonyl (C=O) groups excluding carboxylic acids is 3. The summed E-state index contributed by atoms with van der Waals surface area (Å²) < 4.78 is 131. The number of Topliss-reactive ketones (excluding diaryl/α,β-unsaturated/α-hetero) is 3. The van der Waals surface area contributed by atoms with Crippen LogP contribution >= 0.6 is 46.9 Å². The van der Waals surface area contributed by atoms with E-state index >= 15 is 0 Å². The van der Waals surface area contributed by atoms with Crippen LogP contribution < -0.4 is 0 Å². The van der Waals surface area contributed by atoms with Crippen LogP contribution in [0.3, 0.4) is 0 Å². The molecule has 31 heteroatoms. The quantitative estimate of drug-likeness (QED) is 0.0117. The Kier molecular flexibility index (Phi) is 38.9. The fourth-order valence-electron chi connectivity index (χ4n) is 11.8. The second kappa shape index (κ2) is 49.7. The fraction of sp³-hybridized carbons (Fsp3) is 0.213. The van der Waals surface area contributed by atoms with E-state index in [0.717, 1.165) is 123 Å². The lowest BCUT2D eigenvalue weighted by Crippen LogP contribution is -2.16. The van der Waals surface area contributed by atoms with Gasteiger partial charge in [0.2, 0.25) is 17.3 Å². The largest absolute Gasteiger partial charge is 0.358 e. The number of aryl methyl sites for hydroxylation is 2. The maximum absolute atomic E-state index is 13.2. The van der Waals surface area contributed by atoms with Gasteiger partial charge in [-0.05, 0) is 227 Å². The van der Waals surface area contributed by atoms with E-state index in [4.69, 9.17) is 24.5 Å². The molecule has 0 aliphatic heterocycles. The van der Waals surface area contributed by atoms with Gasteiger partial charge in [-0.2, -0.15) is 33.7 Å². The summed E-state index contributed by atoms with van der Waals surface area (Å²) in [6, 6.07) is 86.2. The molecule has 11 aromatic carbocycles. The van der Waals surface area contributed by atoms with E-state index in [2.05, 4.69) is 54.3 Å². The van der Waals surface area contributed by atoms with E-state index < -0.39 is 51.6 Å². The molecular weight excluding hydrogens is 1760 g/mol. The average Bonchev–Trinajstić information content (AvgIpc) is 1.74. The van der Waals surface area contributed by atoms with Crippen molar-refractivity contribution in [2.24, 2.45) is 25.8 Å². The number of hydrogen-bond donors (Lipinski definition) is 0. The van der Waals surface area contributed by atoms with Crippen LogP contribution in [0.1, 0.15) is 150 Å². The van der Waals surface area contributed by atoms with Crippen molar-refractivity contribution in [1.82, 2.24) is 0 Å². The van der Waals surface area contributed by atoms with Gasteiger partial charge in [0.05, 0.1) is 22.6 Å². The maximum Gasteiger partial charge on any atom is 0.358 e. The van der Waals surface area contributed by atoms with Gasteiger partial charge in [0.15, 0.2) is 0 Å². The highest BCUT2D eigenvalue weighted by Crippen LogP contribution is 2.31. The third-order valence-corrected chi connectivity index (χ3v) is 26.0. The summed E-state index contributed by atoms with van der Waals surface area (Å²) >= 11 is 9.01. The molecule has 11 aromatic rings. The van der Waals surface area contributed by atoms with Gasteiger partial charge >= 0.3 is 40.5 Å². The Morgan fingerprint density at radius 1 is 0.416 bits per heavy atom. The number of ketones is 3. The van der Waals surface area contributed by atoms with Crippen molar-refractivity contribution >= 4 is 144 Å². The molecule has 0 fully saturated rings. The topological polar surface area (TPSA) is 313 Å². The van der Waals surface area contributed by atoms with Crippen molar-refractivity contribution < 1.29 is 73.7 Å². The molecule has 0 spiro atoms. The molecule has 2 aliphatic rings. The van der Waals surface area contributed by atoms with Crippen LogP contribution in [0.2, 0.25) is 5.02 Å². The molecule has 0 saturated heterocycles. The molecule has 0 heterocycles. The lowest BCUT2D eigenvalue weighted by molar-refractivity contribution is 0.105.